The van der Waals surface area contributed by atoms with Crippen LogP contribution in [0.3, 0.4) is 0 Å². The van der Waals surface area contributed by atoms with E-state index in [1.54, 1.807) is 18.4 Å². The Labute approximate surface area is 240 Å². The van der Waals surface area contributed by atoms with E-state index in [4.69, 9.17) is 9.72 Å². The summed E-state index contributed by atoms with van der Waals surface area (Å²) < 4.78 is 5.45. The minimum absolute atomic E-state index is 0.0518. The molecule has 40 heavy (non-hydrogen) atoms. The maximum atomic E-state index is 12.3. The van der Waals surface area contributed by atoms with Crippen LogP contribution in [0.2, 0.25) is 0 Å². The van der Waals surface area contributed by atoms with Gasteiger partial charge < -0.3 is 15.0 Å². The molecule has 0 radical (unpaired) electrons. The van der Waals surface area contributed by atoms with Crippen LogP contribution in [0.4, 0.5) is 5.13 Å². The second-order valence-electron chi connectivity index (χ2n) is 9.55. The van der Waals surface area contributed by atoms with Gasteiger partial charge in [0.25, 0.3) is 5.91 Å². The number of ether oxygens (including phenoxy) is 1. The third kappa shape index (κ3) is 6.58. The lowest BCUT2D eigenvalue weighted by Gasteiger charge is -2.32. The first-order chi connectivity index (χ1) is 19.6. The summed E-state index contributed by atoms with van der Waals surface area (Å²) in [5.74, 6) is 0.752. The molecule has 5 rings (SSSR count). The summed E-state index contributed by atoms with van der Waals surface area (Å²) in [6.45, 7) is 3.17. The van der Waals surface area contributed by atoms with Gasteiger partial charge in [0.05, 0.1) is 18.8 Å². The second kappa shape index (κ2) is 13.1. The predicted octanol–water partition coefficient (Wildman–Crippen LogP) is 7.56. The van der Waals surface area contributed by atoms with Crippen LogP contribution >= 0.6 is 11.3 Å². The van der Waals surface area contributed by atoms with Crippen LogP contribution in [0.5, 0.6) is 5.75 Å². The SMILES string of the molecule is CCNC(=O)c1ccc(CN(c2nc(-c3cccc(OC)c3)cs2)C(Cc2ccccc2)c2ccccc2)cc1. The molecule has 6 heteroatoms. The quantitative estimate of drug-likeness (QED) is 0.185. The minimum atomic E-state index is -0.0556. The third-order valence-corrected chi connectivity index (χ3v) is 7.72. The molecule has 0 aliphatic carbocycles. The van der Waals surface area contributed by atoms with Gasteiger partial charge in [0.15, 0.2) is 5.13 Å². The van der Waals surface area contributed by atoms with Gasteiger partial charge >= 0.3 is 0 Å². The van der Waals surface area contributed by atoms with Crippen molar-refractivity contribution in [1.82, 2.24) is 10.3 Å². The Morgan fingerprint density at radius 1 is 0.900 bits per heavy atom. The van der Waals surface area contributed by atoms with Gasteiger partial charge in [-0.25, -0.2) is 4.98 Å². The zero-order chi connectivity index (χ0) is 27.7. The van der Waals surface area contributed by atoms with Crippen molar-refractivity contribution in [2.24, 2.45) is 0 Å². The van der Waals surface area contributed by atoms with E-state index in [9.17, 15) is 4.79 Å². The Bertz CT molecular complexity index is 1520. The summed E-state index contributed by atoms with van der Waals surface area (Å²) >= 11 is 1.64. The molecule has 1 N–H and O–H groups in total. The summed E-state index contributed by atoms with van der Waals surface area (Å²) in [6.07, 6.45) is 0.829. The Morgan fingerprint density at radius 2 is 1.62 bits per heavy atom. The van der Waals surface area contributed by atoms with Crippen LogP contribution in [0.1, 0.15) is 40.0 Å². The average molecular weight is 548 g/mol. The smallest absolute Gasteiger partial charge is 0.251 e. The molecule has 0 spiro atoms. The molecule has 0 aliphatic heterocycles. The van der Waals surface area contributed by atoms with E-state index in [2.05, 4.69) is 82.3 Å². The number of benzene rings is 4. The van der Waals surface area contributed by atoms with E-state index in [1.165, 1.54) is 11.1 Å². The number of hydrogen-bond acceptors (Lipinski definition) is 5. The maximum Gasteiger partial charge on any atom is 0.251 e. The van der Waals surface area contributed by atoms with Crippen molar-refractivity contribution in [2.75, 3.05) is 18.6 Å². The number of carbonyl (C=O) groups excluding carboxylic acids is 1. The molecule has 202 valence electrons. The molecule has 0 saturated heterocycles. The summed E-state index contributed by atoms with van der Waals surface area (Å²) in [5.41, 5.74) is 6.20. The van der Waals surface area contributed by atoms with Crippen LogP contribution < -0.4 is 15.0 Å². The van der Waals surface area contributed by atoms with E-state index in [1.807, 2.05) is 49.4 Å². The lowest BCUT2D eigenvalue weighted by Crippen LogP contribution is -2.30. The van der Waals surface area contributed by atoms with Crippen molar-refractivity contribution in [2.45, 2.75) is 25.9 Å². The lowest BCUT2D eigenvalue weighted by atomic mass is 9.97. The van der Waals surface area contributed by atoms with Gasteiger partial charge in [-0.1, -0.05) is 84.9 Å². The van der Waals surface area contributed by atoms with E-state index >= 15 is 0 Å². The molecule has 1 aromatic heterocycles. The highest BCUT2D eigenvalue weighted by Crippen LogP contribution is 2.36. The van der Waals surface area contributed by atoms with E-state index in [0.29, 0.717) is 18.7 Å². The van der Waals surface area contributed by atoms with Gasteiger partial charge in [0.1, 0.15) is 5.75 Å². The zero-order valence-electron chi connectivity index (χ0n) is 22.8. The number of hydrogen-bond donors (Lipinski definition) is 1. The number of aromatic nitrogens is 1. The fraction of sp³-hybridized carbons (Fsp3) is 0.176. The van der Waals surface area contributed by atoms with Crippen molar-refractivity contribution < 1.29 is 9.53 Å². The molecule has 0 saturated carbocycles. The molecule has 5 nitrogen and oxygen atoms in total. The number of amides is 1. The molecule has 0 bridgehead atoms. The molecule has 1 unspecified atom stereocenters. The predicted molar refractivity (Wildman–Crippen MR) is 164 cm³/mol. The van der Waals surface area contributed by atoms with Gasteiger partial charge in [0, 0.05) is 29.6 Å². The minimum Gasteiger partial charge on any atom is -0.497 e. The van der Waals surface area contributed by atoms with E-state index in [-0.39, 0.29) is 11.9 Å². The van der Waals surface area contributed by atoms with Gasteiger partial charge in [-0.05, 0) is 54.3 Å². The molecule has 0 fully saturated rings. The number of nitrogens with one attached hydrogen (secondary N) is 1. The standard InChI is InChI=1S/C34H33N3O2S/c1-3-35-33(38)28-19-17-26(18-20-28)23-37(34-36-31(24-40-34)29-15-10-16-30(22-29)39-2)32(27-13-8-5-9-14-27)21-25-11-6-4-7-12-25/h4-20,22,24,32H,3,21,23H2,1-2H3,(H,35,38). The summed E-state index contributed by atoms with van der Waals surface area (Å²) in [6, 6.07) is 37.1. The second-order valence-corrected chi connectivity index (χ2v) is 10.4. The van der Waals surface area contributed by atoms with Crippen molar-refractivity contribution in [3.8, 4) is 17.0 Å². The largest absolute Gasteiger partial charge is 0.497 e. The Hall–Kier alpha value is -4.42. The lowest BCUT2D eigenvalue weighted by molar-refractivity contribution is 0.0956. The normalized spacial score (nSPS) is 11.6. The Balaban J connectivity index is 1.54. The number of methoxy groups -OCH3 is 1. The first kappa shape index (κ1) is 27.2. The molecule has 1 heterocycles. The van der Waals surface area contributed by atoms with Crippen molar-refractivity contribution >= 4 is 22.4 Å². The maximum absolute atomic E-state index is 12.3. The van der Waals surface area contributed by atoms with Crippen LogP contribution in [0.15, 0.2) is 115 Å². The van der Waals surface area contributed by atoms with E-state index in [0.717, 1.165) is 34.1 Å². The summed E-state index contributed by atoms with van der Waals surface area (Å²) in [4.78, 5) is 19.9. The first-order valence-corrected chi connectivity index (χ1v) is 14.3. The highest BCUT2D eigenvalue weighted by atomic mass is 32.1. The molecular weight excluding hydrogens is 514 g/mol. The van der Waals surface area contributed by atoms with Crippen LogP contribution in [0, 0.1) is 0 Å². The number of rotatable bonds is 11. The Morgan fingerprint density at radius 3 is 2.33 bits per heavy atom. The molecule has 0 aliphatic rings. The molecule has 1 atom stereocenters. The molecule has 4 aromatic carbocycles. The van der Waals surface area contributed by atoms with Gasteiger partial charge in [-0.2, -0.15) is 0 Å². The van der Waals surface area contributed by atoms with E-state index < -0.39 is 0 Å². The van der Waals surface area contributed by atoms with Crippen LogP contribution in [-0.2, 0) is 13.0 Å². The van der Waals surface area contributed by atoms with Crippen LogP contribution in [0.25, 0.3) is 11.3 Å². The first-order valence-electron chi connectivity index (χ1n) is 13.5. The summed E-state index contributed by atoms with van der Waals surface area (Å²) in [7, 11) is 1.68. The monoisotopic (exact) mass is 547 g/mol. The molecule has 1 amide bonds. The Kier molecular flexibility index (Phi) is 8.89. The fourth-order valence-electron chi connectivity index (χ4n) is 4.76. The van der Waals surface area contributed by atoms with Crippen molar-refractivity contribution in [1.29, 1.82) is 0 Å². The highest BCUT2D eigenvalue weighted by molar-refractivity contribution is 7.14. The topological polar surface area (TPSA) is 54.5 Å². The zero-order valence-corrected chi connectivity index (χ0v) is 23.6. The van der Waals surface area contributed by atoms with Crippen molar-refractivity contribution in [3.05, 3.63) is 137 Å². The van der Waals surface area contributed by atoms with Crippen LogP contribution in [-0.4, -0.2) is 24.5 Å². The van der Waals surface area contributed by atoms with Gasteiger partial charge in [-0.15, -0.1) is 11.3 Å². The van der Waals surface area contributed by atoms with Gasteiger partial charge in [0.2, 0.25) is 0 Å². The highest BCUT2D eigenvalue weighted by Gasteiger charge is 2.25. The number of carbonyl (C=O) groups is 1. The van der Waals surface area contributed by atoms with Crippen molar-refractivity contribution in [3.63, 3.8) is 0 Å². The number of thiazole rings is 1. The third-order valence-electron chi connectivity index (χ3n) is 6.84. The average Bonchev–Trinajstić information content (AvgIpc) is 3.51. The number of nitrogens with zero attached hydrogens (tertiary/aromatic N) is 2. The number of anilines is 1. The fourth-order valence-corrected chi connectivity index (χ4v) is 5.65. The molecular formula is C34H33N3O2S. The summed E-state index contributed by atoms with van der Waals surface area (Å²) in [5, 5.41) is 5.93. The molecule has 5 aromatic rings. The van der Waals surface area contributed by atoms with Gasteiger partial charge in [-0.3, -0.25) is 4.79 Å².